The van der Waals surface area contributed by atoms with E-state index in [1.165, 1.54) is 11.3 Å². The zero-order valence-corrected chi connectivity index (χ0v) is 15.7. The molecule has 1 aromatic heterocycles. The van der Waals surface area contributed by atoms with Gasteiger partial charge in [0.2, 0.25) is 11.8 Å². The van der Waals surface area contributed by atoms with Crippen LogP contribution in [0.3, 0.4) is 0 Å². The van der Waals surface area contributed by atoms with Gasteiger partial charge in [-0.25, -0.2) is 0 Å². The van der Waals surface area contributed by atoms with Gasteiger partial charge in [0.15, 0.2) is 8.68 Å². The zero-order chi connectivity index (χ0) is 18.6. The van der Waals surface area contributed by atoms with Gasteiger partial charge in [0.05, 0.1) is 11.5 Å². The average Bonchev–Trinajstić information content (AvgIpc) is 3.26. The summed E-state index contributed by atoms with van der Waals surface area (Å²) in [5.74, 6) is -0.974. The van der Waals surface area contributed by atoms with Crippen molar-refractivity contribution in [3.8, 4) is 0 Å². The van der Waals surface area contributed by atoms with Crippen LogP contribution in [-0.4, -0.2) is 57.2 Å². The van der Waals surface area contributed by atoms with Crippen molar-refractivity contribution in [2.24, 2.45) is 11.7 Å². The molecule has 2 N–H and O–H groups in total. The molecule has 12 heteroatoms. The number of carbonyl (C=O) groups is 2. The number of rotatable bonds is 9. The lowest BCUT2D eigenvalue weighted by Crippen LogP contribution is -2.46. The minimum Gasteiger partial charge on any atom is -0.369 e. The second-order valence-electron chi connectivity index (χ2n) is 5.59. The molecular weight excluding hydrogens is 397 g/mol. The second-order valence-corrected chi connectivity index (χ2v) is 9.01. The molecule has 6 nitrogen and oxygen atoms in total. The molecule has 0 radical (unpaired) electrons. The molecule has 0 saturated heterocycles. The maximum atomic E-state index is 12.8. The first-order chi connectivity index (χ1) is 11.7. The van der Waals surface area contributed by atoms with Gasteiger partial charge in [-0.1, -0.05) is 34.9 Å². The topological polar surface area (TPSA) is 89.2 Å². The molecule has 1 saturated carbocycles. The molecule has 1 aromatic rings. The van der Waals surface area contributed by atoms with Gasteiger partial charge in [0.25, 0.3) is 0 Å². The monoisotopic (exact) mass is 414 g/mol. The lowest BCUT2D eigenvalue weighted by Gasteiger charge is -2.30. The fourth-order valence-electron chi connectivity index (χ4n) is 2.14. The second kappa shape index (κ2) is 8.58. The van der Waals surface area contributed by atoms with E-state index in [4.69, 9.17) is 5.73 Å². The van der Waals surface area contributed by atoms with E-state index in [2.05, 4.69) is 10.2 Å². The van der Waals surface area contributed by atoms with Crippen LogP contribution in [0.25, 0.3) is 0 Å². The Hall–Kier alpha value is -1.01. The number of halogens is 3. The van der Waals surface area contributed by atoms with Crippen molar-refractivity contribution < 1.29 is 22.8 Å². The Morgan fingerprint density at radius 2 is 1.84 bits per heavy atom. The molecule has 1 atom stereocenters. The molecule has 1 aliphatic carbocycles. The summed E-state index contributed by atoms with van der Waals surface area (Å²) in [7, 11) is 0. The maximum absolute atomic E-state index is 12.8. The molecule has 1 unspecified atom stereocenters. The zero-order valence-electron chi connectivity index (χ0n) is 13.3. The van der Waals surface area contributed by atoms with E-state index in [1.807, 2.05) is 0 Å². The first-order valence-electron chi connectivity index (χ1n) is 7.39. The highest BCUT2D eigenvalue weighted by Crippen LogP contribution is 2.37. The quantitative estimate of drug-likeness (QED) is 0.624. The van der Waals surface area contributed by atoms with E-state index in [0.29, 0.717) is 8.68 Å². The SMILES string of the molecule is CC(C1CC1)N(CC(F)(F)F)C(=O)CSc1nnc(SCC(N)=O)s1. The highest BCUT2D eigenvalue weighted by molar-refractivity contribution is 8.03. The third kappa shape index (κ3) is 7.02. The van der Waals surface area contributed by atoms with E-state index < -0.39 is 30.6 Å². The number of hydrogen-bond donors (Lipinski definition) is 1. The molecule has 0 aromatic carbocycles. The number of aromatic nitrogens is 2. The van der Waals surface area contributed by atoms with Gasteiger partial charge < -0.3 is 10.6 Å². The van der Waals surface area contributed by atoms with Crippen LogP contribution in [0.4, 0.5) is 13.2 Å². The Morgan fingerprint density at radius 1 is 1.28 bits per heavy atom. The number of amides is 2. The van der Waals surface area contributed by atoms with Gasteiger partial charge in [-0.2, -0.15) is 13.2 Å². The summed E-state index contributed by atoms with van der Waals surface area (Å²) in [4.78, 5) is 23.9. The average molecular weight is 415 g/mol. The highest BCUT2D eigenvalue weighted by Gasteiger charge is 2.40. The highest BCUT2D eigenvalue weighted by atomic mass is 32.2. The van der Waals surface area contributed by atoms with Gasteiger partial charge in [0.1, 0.15) is 6.54 Å². The molecule has 0 bridgehead atoms. The normalized spacial score (nSPS) is 15.8. The number of nitrogens with two attached hydrogens (primary N) is 1. The van der Waals surface area contributed by atoms with E-state index >= 15 is 0 Å². The summed E-state index contributed by atoms with van der Waals surface area (Å²) >= 11 is 3.34. The van der Waals surface area contributed by atoms with Crippen molar-refractivity contribution in [3.63, 3.8) is 0 Å². The third-order valence-corrected chi connectivity index (χ3v) is 6.71. The summed E-state index contributed by atoms with van der Waals surface area (Å²) in [6.07, 6.45) is -2.72. The predicted octanol–water partition coefficient (Wildman–Crippen LogP) is 2.40. The first-order valence-corrected chi connectivity index (χ1v) is 10.2. The Morgan fingerprint density at radius 3 is 2.32 bits per heavy atom. The Bertz CT molecular complexity index is 622. The van der Waals surface area contributed by atoms with Gasteiger partial charge in [-0.05, 0) is 25.7 Å². The van der Waals surface area contributed by atoms with Gasteiger partial charge in [-0.3, -0.25) is 9.59 Å². The van der Waals surface area contributed by atoms with E-state index in [0.717, 1.165) is 41.3 Å². The van der Waals surface area contributed by atoms with Crippen LogP contribution >= 0.6 is 34.9 Å². The van der Waals surface area contributed by atoms with Crippen molar-refractivity contribution in [2.45, 2.75) is 40.7 Å². The summed E-state index contributed by atoms with van der Waals surface area (Å²) in [6.45, 7) is 0.426. The number of alkyl halides is 3. The smallest absolute Gasteiger partial charge is 0.369 e. The van der Waals surface area contributed by atoms with Crippen LogP contribution in [0.5, 0.6) is 0 Å². The van der Waals surface area contributed by atoms with Gasteiger partial charge >= 0.3 is 6.18 Å². The number of nitrogens with zero attached hydrogens (tertiary/aromatic N) is 3. The lowest BCUT2D eigenvalue weighted by molar-refractivity contribution is -0.164. The fourth-order valence-corrected chi connectivity index (χ4v) is 4.78. The largest absolute Gasteiger partial charge is 0.406 e. The van der Waals surface area contributed by atoms with Crippen molar-refractivity contribution >= 4 is 46.7 Å². The molecule has 0 spiro atoms. The summed E-state index contributed by atoms with van der Waals surface area (Å²) in [6, 6.07) is -0.425. The molecule has 2 rings (SSSR count). The Kier molecular flexibility index (Phi) is 6.97. The molecule has 140 valence electrons. The lowest BCUT2D eigenvalue weighted by atomic mass is 10.2. The van der Waals surface area contributed by atoms with Gasteiger partial charge in [0, 0.05) is 6.04 Å². The first kappa shape index (κ1) is 20.3. The summed E-state index contributed by atoms with van der Waals surface area (Å²) in [5, 5.41) is 7.70. The fraction of sp³-hybridized carbons (Fsp3) is 0.692. The van der Waals surface area contributed by atoms with Gasteiger partial charge in [-0.15, -0.1) is 10.2 Å². The van der Waals surface area contributed by atoms with Crippen molar-refractivity contribution in [2.75, 3.05) is 18.1 Å². The van der Waals surface area contributed by atoms with Crippen molar-refractivity contribution in [1.82, 2.24) is 15.1 Å². The minimum absolute atomic E-state index is 0.0660. The molecule has 0 aliphatic heterocycles. The third-order valence-electron chi connectivity index (χ3n) is 3.51. The molecule has 2 amide bonds. The summed E-state index contributed by atoms with van der Waals surface area (Å²) in [5.41, 5.74) is 5.04. The van der Waals surface area contributed by atoms with E-state index in [-0.39, 0.29) is 17.4 Å². The van der Waals surface area contributed by atoms with E-state index in [9.17, 15) is 22.8 Å². The molecule has 1 aliphatic rings. The van der Waals surface area contributed by atoms with Crippen LogP contribution in [-0.2, 0) is 9.59 Å². The number of thioether (sulfide) groups is 2. The molecular formula is C13H17F3N4O2S3. The van der Waals surface area contributed by atoms with Crippen molar-refractivity contribution in [1.29, 1.82) is 0 Å². The molecule has 1 fully saturated rings. The van der Waals surface area contributed by atoms with Crippen LogP contribution in [0.2, 0.25) is 0 Å². The van der Waals surface area contributed by atoms with Crippen LogP contribution in [0.1, 0.15) is 19.8 Å². The molecule has 1 heterocycles. The minimum atomic E-state index is -4.43. The van der Waals surface area contributed by atoms with E-state index in [1.54, 1.807) is 6.92 Å². The maximum Gasteiger partial charge on any atom is 0.406 e. The Labute approximate surface area is 155 Å². The predicted molar refractivity (Wildman–Crippen MR) is 90.5 cm³/mol. The van der Waals surface area contributed by atoms with Crippen molar-refractivity contribution in [3.05, 3.63) is 0 Å². The number of hydrogen-bond acceptors (Lipinski definition) is 7. The number of primary amides is 1. The Balaban J connectivity index is 1.90. The standard InChI is InChI=1S/C13H17F3N4O2S3/c1-7(8-2-3-8)20(6-13(14,15)16)10(22)5-24-12-19-18-11(25-12)23-4-9(17)21/h7-8H,2-6H2,1H3,(H2,17,21). The van der Waals surface area contributed by atoms with Crippen LogP contribution in [0.15, 0.2) is 8.68 Å². The number of carbonyl (C=O) groups excluding carboxylic acids is 2. The molecule has 25 heavy (non-hydrogen) atoms. The summed E-state index contributed by atoms with van der Waals surface area (Å²) < 4.78 is 39.3. The van der Waals surface area contributed by atoms with Crippen LogP contribution in [0, 0.1) is 5.92 Å². The van der Waals surface area contributed by atoms with Crippen LogP contribution < -0.4 is 5.73 Å².